The number of rotatable bonds is 6. The Kier molecular flexibility index (Phi) is 7.05. The molecule has 0 bridgehead atoms. The van der Waals surface area contributed by atoms with Crippen LogP contribution in [0.1, 0.15) is 95.5 Å². The van der Waals surface area contributed by atoms with Gasteiger partial charge in [0.15, 0.2) is 17.5 Å². The molecule has 0 spiro atoms. The van der Waals surface area contributed by atoms with E-state index in [1.165, 1.54) is 64.2 Å². The smallest absolute Gasteiger partial charge is 0.195 e. The van der Waals surface area contributed by atoms with Crippen LogP contribution in [0.4, 0.5) is 13.2 Å². The molecule has 0 amide bonds. The Morgan fingerprint density at radius 1 is 0.767 bits per heavy atom. The fourth-order valence-electron chi connectivity index (χ4n) is 6.13. The molecule has 2 aromatic rings. The molecule has 0 atom stereocenters. The largest absolute Gasteiger partial charge is 0.204 e. The molecule has 0 nitrogen and oxygen atoms in total. The standard InChI is InChI=1S/C27H35F3/c1-2-3-4-5-18-6-8-19(9-7-18)20-10-12-21(13-11-20)22-14-15-24-23(16-22)17-25(28)27(30)26(24)29/h14-21H,2-13H2,1H3. The van der Waals surface area contributed by atoms with Crippen LogP contribution in [0.3, 0.4) is 0 Å². The highest BCUT2D eigenvalue weighted by molar-refractivity contribution is 5.84. The second kappa shape index (κ2) is 9.75. The molecule has 30 heavy (non-hydrogen) atoms. The third-order valence-electron chi connectivity index (χ3n) is 8.01. The van der Waals surface area contributed by atoms with Gasteiger partial charge < -0.3 is 0 Å². The molecule has 0 aromatic heterocycles. The highest BCUT2D eigenvalue weighted by Gasteiger charge is 2.31. The van der Waals surface area contributed by atoms with Crippen molar-refractivity contribution in [1.82, 2.24) is 0 Å². The number of hydrogen-bond donors (Lipinski definition) is 0. The van der Waals surface area contributed by atoms with Gasteiger partial charge in [0.05, 0.1) is 0 Å². The third-order valence-corrected chi connectivity index (χ3v) is 8.01. The molecule has 0 saturated heterocycles. The molecule has 2 fully saturated rings. The first-order valence-corrected chi connectivity index (χ1v) is 12.1. The van der Waals surface area contributed by atoms with Crippen molar-refractivity contribution in [2.24, 2.45) is 17.8 Å². The minimum atomic E-state index is -1.38. The summed E-state index contributed by atoms with van der Waals surface area (Å²) >= 11 is 0. The van der Waals surface area contributed by atoms with Crippen LogP contribution >= 0.6 is 0 Å². The van der Waals surface area contributed by atoms with Crippen LogP contribution in [0.5, 0.6) is 0 Å². The lowest BCUT2D eigenvalue weighted by atomic mass is 9.68. The molecule has 2 aromatic carbocycles. The van der Waals surface area contributed by atoms with E-state index in [2.05, 4.69) is 6.92 Å². The Bertz CT molecular complexity index is 843. The minimum absolute atomic E-state index is 0.169. The molecule has 164 valence electrons. The highest BCUT2D eigenvalue weighted by atomic mass is 19.2. The van der Waals surface area contributed by atoms with E-state index in [1.54, 1.807) is 6.07 Å². The Hall–Kier alpha value is -1.51. The zero-order valence-electron chi connectivity index (χ0n) is 18.2. The summed E-state index contributed by atoms with van der Waals surface area (Å²) in [5.74, 6) is -0.398. The summed E-state index contributed by atoms with van der Waals surface area (Å²) in [6.07, 6.45) is 16.0. The molecule has 0 aliphatic heterocycles. The molecule has 0 unspecified atom stereocenters. The van der Waals surface area contributed by atoms with Crippen LogP contribution in [-0.4, -0.2) is 0 Å². The van der Waals surface area contributed by atoms with Gasteiger partial charge in [0, 0.05) is 5.39 Å². The van der Waals surface area contributed by atoms with Crippen molar-refractivity contribution in [3.63, 3.8) is 0 Å². The fourth-order valence-corrected chi connectivity index (χ4v) is 6.13. The van der Waals surface area contributed by atoms with Gasteiger partial charge in [-0.1, -0.05) is 63.6 Å². The quantitative estimate of drug-likeness (QED) is 0.326. The van der Waals surface area contributed by atoms with Crippen molar-refractivity contribution in [2.75, 3.05) is 0 Å². The second-order valence-corrected chi connectivity index (χ2v) is 9.86. The van der Waals surface area contributed by atoms with E-state index in [0.717, 1.165) is 42.2 Å². The molecule has 3 heteroatoms. The summed E-state index contributed by atoms with van der Waals surface area (Å²) in [5.41, 5.74) is 1.14. The average Bonchev–Trinajstić information content (AvgIpc) is 2.78. The van der Waals surface area contributed by atoms with E-state index in [-0.39, 0.29) is 5.39 Å². The summed E-state index contributed by atoms with van der Waals surface area (Å²) in [6.45, 7) is 2.28. The van der Waals surface area contributed by atoms with Crippen LogP contribution in [0.15, 0.2) is 24.3 Å². The van der Waals surface area contributed by atoms with Gasteiger partial charge in [0.2, 0.25) is 0 Å². The van der Waals surface area contributed by atoms with Crippen LogP contribution in [0.2, 0.25) is 0 Å². The van der Waals surface area contributed by atoms with Gasteiger partial charge in [-0.3, -0.25) is 0 Å². The average molecular weight is 417 g/mol. The maximum Gasteiger partial charge on any atom is 0.195 e. The summed E-state index contributed by atoms with van der Waals surface area (Å²) in [4.78, 5) is 0. The predicted molar refractivity (Wildman–Crippen MR) is 118 cm³/mol. The van der Waals surface area contributed by atoms with E-state index < -0.39 is 17.5 Å². The monoisotopic (exact) mass is 416 g/mol. The van der Waals surface area contributed by atoms with Gasteiger partial charge in [-0.2, -0.15) is 0 Å². The lowest BCUT2D eigenvalue weighted by molar-refractivity contribution is 0.155. The molecular formula is C27H35F3. The Morgan fingerprint density at radius 2 is 1.43 bits per heavy atom. The first-order valence-electron chi connectivity index (χ1n) is 12.1. The maximum atomic E-state index is 14.0. The SMILES string of the molecule is CCCCCC1CCC(C2CCC(c3ccc4c(F)c(F)c(F)cc4c3)CC2)CC1. The zero-order chi connectivity index (χ0) is 21.1. The fraction of sp³-hybridized carbons (Fsp3) is 0.630. The van der Waals surface area contributed by atoms with E-state index in [4.69, 9.17) is 0 Å². The van der Waals surface area contributed by atoms with Gasteiger partial charge in [-0.25, -0.2) is 13.2 Å². The predicted octanol–water partition coefficient (Wildman–Crippen LogP) is 8.92. The van der Waals surface area contributed by atoms with E-state index in [9.17, 15) is 13.2 Å². The van der Waals surface area contributed by atoms with Gasteiger partial charge in [-0.05, 0) is 79.2 Å². The topological polar surface area (TPSA) is 0 Å². The number of halogens is 3. The molecule has 0 radical (unpaired) electrons. The second-order valence-electron chi connectivity index (χ2n) is 9.86. The van der Waals surface area contributed by atoms with Crippen LogP contribution in [-0.2, 0) is 0 Å². The minimum Gasteiger partial charge on any atom is -0.204 e. The molecule has 0 N–H and O–H groups in total. The summed E-state index contributed by atoms with van der Waals surface area (Å²) in [6, 6.07) is 6.53. The summed E-state index contributed by atoms with van der Waals surface area (Å²) < 4.78 is 41.1. The molecule has 4 rings (SSSR count). The Labute approximate surface area is 179 Å². The lowest BCUT2D eigenvalue weighted by Gasteiger charge is -2.38. The highest BCUT2D eigenvalue weighted by Crippen LogP contribution is 2.45. The molecular weight excluding hydrogens is 381 g/mol. The first kappa shape index (κ1) is 21.7. The molecule has 0 heterocycles. The van der Waals surface area contributed by atoms with E-state index in [0.29, 0.717) is 11.3 Å². The van der Waals surface area contributed by atoms with Crippen LogP contribution in [0.25, 0.3) is 10.8 Å². The summed E-state index contributed by atoms with van der Waals surface area (Å²) in [7, 11) is 0. The van der Waals surface area contributed by atoms with Crippen LogP contribution < -0.4 is 0 Å². The third kappa shape index (κ3) is 4.70. The zero-order valence-corrected chi connectivity index (χ0v) is 18.2. The normalized spacial score (nSPS) is 27.5. The van der Waals surface area contributed by atoms with Crippen molar-refractivity contribution in [1.29, 1.82) is 0 Å². The lowest BCUT2D eigenvalue weighted by Crippen LogP contribution is -2.25. The van der Waals surface area contributed by atoms with Crippen molar-refractivity contribution in [3.8, 4) is 0 Å². The number of benzene rings is 2. The van der Waals surface area contributed by atoms with Gasteiger partial charge >= 0.3 is 0 Å². The van der Waals surface area contributed by atoms with Gasteiger partial charge in [0.25, 0.3) is 0 Å². The number of hydrogen-bond acceptors (Lipinski definition) is 0. The molecule has 2 saturated carbocycles. The molecule has 2 aliphatic rings. The van der Waals surface area contributed by atoms with Crippen molar-refractivity contribution < 1.29 is 13.2 Å². The van der Waals surface area contributed by atoms with Gasteiger partial charge in [0.1, 0.15) is 0 Å². The Morgan fingerprint density at radius 3 is 2.10 bits per heavy atom. The van der Waals surface area contributed by atoms with Crippen molar-refractivity contribution in [3.05, 3.63) is 47.3 Å². The first-order chi connectivity index (χ1) is 14.6. The van der Waals surface area contributed by atoms with E-state index >= 15 is 0 Å². The van der Waals surface area contributed by atoms with Crippen molar-refractivity contribution in [2.45, 2.75) is 89.9 Å². The number of fused-ring (bicyclic) bond motifs is 1. The Balaban J connectivity index is 1.32. The summed E-state index contributed by atoms with van der Waals surface area (Å²) in [5, 5.41) is 0.634. The van der Waals surface area contributed by atoms with Gasteiger partial charge in [-0.15, -0.1) is 0 Å². The van der Waals surface area contributed by atoms with Crippen LogP contribution in [0, 0.1) is 35.2 Å². The number of unbranched alkanes of at least 4 members (excludes halogenated alkanes) is 2. The molecule has 2 aliphatic carbocycles. The van der Waals surface area contributed by atoms with Crippen molar-refractivity contribution >= 4 is 10.8 Å². The van der Waals surface area contributed by atoms with E-state index in [1.807, 2.05) is 12.1 Å². The maximum absolute atomic E-state index is 14.0.